The van der Waals surface area contributed by atoms with Crippen molar-refractivity contribution in [2.45, 2.75) is 71.1 Å². The van der Waals surface area contributed by atoms with E-state index in [4.69, 9.17) is 33.4 Å². The average molecular weight is 432 g/mol. The van der Waals surface area contributed by atoms with Crippen LogP contribution in [0, 0.1) is 5.41 Å². The topological polar surface area (TPSA) is 129 Å². The second-order valence-corrected chi connectivity index (χ2v) is 8.47. The highest BCUT2D eigenvalue weighted by Gasteiger charge is 2.33. The Hall–Kier alpha value is 0.540. The minimum atomic E-state index is -2.57. The standard InChI is InChI=1S/C17H38O8P2/c1-2-3-4-5-6-7-8-9-10-11-12-23-14-17(13-18,15-24-26(19)20)16-25-27(21)22/h18-22H,2-16H2,1H3. The predicted octanol–water partition coefficient (Wildman–Crippen LogP) is 3.36. The molecule has 0 unspecified atom stereocenters. The van der Waals surface area contributed by atoms with E-state index in [0.717, 1.165) is 12.8 Å². The van der Waals surface area contributed by atoms with E-state index >= 15 is 0 Å². The maximum atomic E-state index is 9.63. The van der Waals surface area contributed by atoms with Crippen LogP contribution < -0.4 is 0 Å². The molecule has 0 heterocycles. The molecule has 5 N–H and O–H groups in total. The lowest BCUT2D eigenvalue weighted by Gasteiger charge is -2.31. The van der Waals surface area contributed by atoms with Gasteiger partial charge in [0.15, 0.2) is 0 Å². The molecule has 0 saturated heterocycles. The second-order valence-electron chi connectivity index (χ2n) is 6.95. The average Bonchev–Trinajstić information content (AvgIpc) is 2.64. The van der Waals surface area contributed by atoms with Crippen molar-refractivity contribution < 1.29 is 38.5 Å². The molecular weight excluding hydrogens is 394 g/mol. The van der Waals surface area contributed by atoms with Crippen molar-refractivity contribution in [1.29, 1.82) is 0 Å². The van der Waals surface area contributed by atoms with Gasteiger partial charge in [0.2, 0.25) is 0 Å². The van der Waals surface area contributed by atoms with Gasteiger partial charge in [-0.2, -0.15) is 0 Å². The number of hydrogen-bond donors (Lipinski definition) is 5. The smallest absolute Gasteiger partial charge is 0.327 e. The quantitative estimate of drug-likeness (QED) is 0.146. The Bertz CT molecular complexity index is 309. The van der Waals surface area contributed by atoms with Crippen molar-refractivity contribution >= 4 is 17.2 Å². The van der Waals surface area contributed by atoms with Gasteiger partial charge in [-0.1, -0.05) is 64.7 Å². The molecule has 0 amide bonds. The zero-order chi connectivity index (χ0) is 20.4. The summed E-state index contributed by atoms with van der Waals surface area (Å²) in [5.74, 6) is 0. The highest BCUT2D eigenvalue weighted by atomic mass is 31.2. The number of ether oxygens (including phenoxy) is 1. The van der Waals surface area contributed by atoms with Gasteiger partial charge in [-0.05, 0) is 6.42 Å². The monoisotopic (exact) mass is 432 g/mol. The van der Waals surface area contributed by atoms with Crippen LogP contribution in [0.1, 0.15) is 71.1 Å². The summed E-state index contributed by atoms with van der Waals surface area (Å²) in [5.41, 5.74) is -1.07. The van der Waals surface area contributed by atoms with E-state index in [0.29, 0.717) is 6.61 Å². The summed E-state index contributed by atoms with van der Waals surface area (Å²) < 4.78 is 15.2. The molecule has 0 aromatic heterocycles. The fraction of sp³-hybridized carbons (Fsp3) is 1.00. The van der Waals surface area contributed by atoms with Crippen LogP contribution in [0.3, 0.4) is 0 Å². The van der Waals surface area contributed by atoms with Gasteiger partial charge in [0, 0.05) is 6.61 Å². The largest absolute Gasteiger partial charge is 0.396 e. The van der Waals surface area contributed by atoms with E-state index in [2.05, 4.69) is 6.92 Å². The summed E-state index contributed by atoms with van der Waals surface area (Å²) in [4.78, 5) is 35.6. The Morgan fingerprint density at radius 3 is 1.52 bits per heavy atom. The third kappa shape index (κ3) is 17.1. The molecule has 0 radical (unpaired) electrons. The molecule has 27 heavy (non-hydrogen) atoms. The van der Waals surface area contributed by atoms with Gasteiger partial charge in [-0.15, -0.1) is 0 Å². The normalized spacial score (nSPS) is 12.4. The molecule has 0 fully saturated rings. The Kier molecular flexibility index (Phi) is 18.9. The van der Waals surface area contributed by atoms with E-state index in [1.54, 1.807) is 0 Å². The first-order valence-electron chi connectivity index (χ1n) is 9.76. The third-order valence-electron chi connectivity index (χ3n) is 4.36. The first-order chi connectivity index (χ1) is 13.0. The van der Waals surface area contributed by atoms with Crippen LogP contribution in [-0.4, -0.2) is 57.7 Å². The predicted molar refractivity (Wildman–Crippen MR) is 107 cm³/mol. The van der Waals surface area contributed by atoms with Crippen LogP contribution in [0.15, 0.2) is 0 Å². The van der Waals surface area contributed by atoms with Gasteiger partial charge >= 0.3 is 17.2 Å². The van der Waals surface area contributed by atoms with Gasteiger partial charge in [-0.25, -0.2) is 0 Å². The molecule has 0 aliphatic heterocycles. The fourth-order valence-corrected chi connectivity index (χ4v) is 3.41. The molecule has 0 aromatic rings. The zero-order valence-electron chi connectivity index (χ0n) is 16.5. The van der Waals surface area contributed by atoms with Crippen molar-refractivity contribution in [2.75, 3.05) is 33.0 Å². The molecule has 0 spiro atoms. The van der Waals surface area contributed by atoms with Crippen molar-refractivity contribution in [1.82, 2.24) is 0 Å². The SMILES string of the molecule is CCCCCCCCCCCCOCC(CO)(COP(O)O)COP(O)O. The molecule has 0 aliphatic rings. The maximum absolute atomic E-state index is 9.63. The Morgan fingerprint density at radius 1 is 0.667 bits per heavy atom. The van der Waals surface area contributed by atoms with Crippen LogP contribution in [0.2, 0.25) is 0 Å². The number of rotatable bonds is 20. The first-order valence-corrected chi connectivity index (χ1v) is 12.1. The van der Waals surface area contributed by atoms with Gasteiger partial charge in [-0.3, -0.25) is 0 Å². The molecule has 0 atom stereocenters. The van der Waals surface area contributed by atoms with Crippen molar-refractivity contribution in [3.05, 3.63) is 0 Å². The lowest BCUT2D eigenvalue weighted by molar-refractivity contribution is -0.0500. The van der Waals surface area contributed by atoms with Crippen LogP contribution in [0.4, 0.5) is 0 Å². The molecule has 10 heteroatoms. The number of hydrogen-bond acceptors (Lipinski definition) is 8. The lowest BCUT2D eigenvalue weighted by atomic mass is 9.93. The second kappa shape index (κ2) is 18.6. The summed E-state index contributed by atoms with van der Waals surface area (Å²) in [7, 11) is -5.15. The Morgan fingerprint density at radius 2 is 1.11 bits per heavy atom. The highest BCUT2D eigenvalue weighted by Crippen LogP contribution is 2.33. The number of aliphatic hydroxyl groups excluding tert-OH is 1. The summed E-state index contributed by atoms with van der Waals surface area (Å²) in [5, 5.41) is 9.63. The van der Waals surface area contributed by atoms with Gasteiger partial charge in [0.1, 0.15) is 0 Å². The lowest BCUT2D eigenvalue weighted by Crippen LogP contribution is -2.40. The molecule has 0 aromatic carbocycles. The van der Waals surface area contributed by atoms with Crippen LogP contribution in [0.5, 0.6) is 0 Å². The minimum Gasteiger partial charge on any atom is -0.396 e. The molecule has 0 aliphatic carbocycles. The third-order valence-corrected chi connectivity index (χ3v) is 5.08. The molecule has 0 saturated carbocycles. The highest BCUT2D eigenvalue weighted by molar-refractivity contribution is 7.39. The molecule has 164 valence electrons. The van der Waals surface area contributed by atoms with E-state index in [1.165, 1.54) is 51.4 Å². The van der Waals surface area contributed by atoms with Crippen molar-refractivity contribution in [2.24, 2.45) is 5.41 Å². The van der Waals surface area contributed by atoms with E-state index in [1.807, 2.05) is 0 Å². The van der Waals surface area contributed by atoms with E-state index < -0.39 is 29.2 Å². The minimum absolute atomic E-state index is 0.0628. The van der Waals surface area contributed by atoms with Gasteiger partial charge in [0.25, 0.3) is 0 Å². The van der Waals surface area contributed by atoms with Gasteiger partial charge < -0.3 is 38.5 Å². The Labute approximate surface area is 165 Å². The van der Waals surface area contributed by atoms with Crippen molar-refractivity contribution in [3.8, 4) is 0 Å². The summed E-state index contributed by atoms with van der Waals surface area (Å²) in [6.45, 7) is 1.95. The van der Waals surface area contributed by atoms with E-state index in [-0.39, 0.29) is 19.8 Å². The Balaban J connectivity index is 3.88. The van der Waals surface area contributed by atoms with Crippen LogP contribution >= 0.6 is 17.2 Å². The summed E-state index contributed by atoms with van der Waals surface area (Å²) >= 11 is 0. The molecule has 0 rings (SSSR count). The number of unbranched alkanes of at least 4 members (excludes halogenated alkanes) is 9. The van der Waals surface area contributed by atoms with Gasteiger partial charge in [0.05, 0.1) is 31.8 Å². The number of aliphatic hydroxyl groups is 1. The van der Waals surface area contributed by atoms with Crippen LogP contribution in [-0.2, 0) is 13.8 Å². The van der Waals surface area contributed by atoms with Crippen molar-refractivity contribution in [3.63, 3.8) is 0 Å². The fourth-order valence-electron chi connectivity index (χ4n) is 2.63. The molecule has 8 nitrogen and oxygen atoms in total. The summed E-state index contributed by atoms with van der Waals surface area (Å²) in [6.07, 6.45) is 12.3. The molecular formula is C17H38O8P2. The first kappa shape index (κ1) is 27.5. The zero-order valence-corrected chi connectivity index (χ0v) is 18.3. The molecule has 0 bridgehead atoms. The van der Waals surface area contributed by atoms with Crippen LogP contribution in [0.25, 0.3) is 0 Å². The maximum Gasteiger partial charge on any atom is 0.327 e. The summed E-state index contributed by atoms with van der Waals surface area (Å²) in [6, 6.07) is 0. The van der Waals surface area contributed by atoms with E-state index in [9.17, 15) is 5.11 Å².